The molecule has 0 N–H and O–H groups in total. The summed E-state index contributed by atoms with van der Waals surface area (Å²) in [6, 6.07) is 3.13. The Hall–Kier alpha value is 0.640. The van der Waals surface area contributed by atoms with Crippen molar-refractivity contribution in [2.45, 2.75) is 11.8 Å². The minimum absolute atomic E-state index is 0. The Bertz CT molecular complexity index is 671. The molecule has 1 aromatic rings. The number of hydrogen-bond acceptors (Lipinski definition) is 7. The maximum atomic E-state index is 10.7. The van der Waals surface area contributed by atoms with E-state index >= 15 is 0 Å². The molecule has 19 heavy (non-hydrogen) atoms. The summed E-state index contributed by atoms with van der Waals surface area (Å²) in [4.78, 5) is -0.583. The van der Waals surface area contributed by atoms with Crippen LogP contribution in [0.5, 0.6) is 0 Å². The van der Waals surface area contributed by atoms with E-state index in [2.05, 4.69) is 9.63 Å². The van der Waals surface area contributed by atoms with Crippen molar-refractivity contribution < 1.29 is 85.1 Å². The Morgan fingerprint density at radius 1 is 1.05 bits per heavy atom. The van der Waals surface area contributed by atoms with E-state index in [1.54, 1.807) is 0 Å². The van der Waals surface area contributed by atoms with Gasteiger partial charge in [-0.15, -0.1) is 5.11 Å². The molecule has 0 heterocycles. The summed E-state index contributed by atoms with van der Waals surface area (Å²) in [6.07, 6.45) is 0. The van der Waals surface area contributed by atoms with Crippen molar-refractivity contribution in [3.05, 3.63) is 23.8 Å². The summed E-state index contributed by atoms with van der Waals surface area (Å²) >= 11 is 0. The van der Waals surface area contributed by atoms with Crippen LogP contribution in [0.1, 0.15) is 5.56 Å². The normalized spacial score (nSPS) is 11.7. The van der Waals surface area contributed by atoms with Gasteiger partial charge >= 0.3 is 59.1 Å². The third kappa shape index (κ3) is 7.85. The summed E-state index contributed by atoms with van der Waals surface area (Å²) in [5.74, 6) is 0. The van der Waals surface area contributed by atoms with Gasteiger partial charge in [-0.3, -0.25) is 0 Å². The molecular weight excluding hydrogens is 318 g/mol. The molecule has 0 bridgehead atoms. The van der Waals surface area contributed by atoms with Crippen LogP contribution in [0.4, 0.5) is 5.69 Å². The third-order valence-electron chi connectivity index (χ3n) is 1.72. The van der Waals surface area contributed by atoms with Crippen LogP contribution in [0.3, 0.4) is 0 Å². The molecule has 1 aromatic carbocycles. The molecule has 0 fully saturated rings. The van der Waals surface area contributed by atoms with Crippen molar-refractivity contribution in [2.24, 2.45) is 9.63 Å². The van der Waals surface area contributed by atoms with Gasteiger partial charge < -0.3 is 9.11 Å². The Kier molecular flexibility index (Phi) is 9.43. The van der Waals surface area contributed by atoms with Crippen molar-refractivity contribution >= 4 is 26.1 Å². The first-order valence-electron chi connectivity index (χ1n) is 4.05. The molecule has 0 saturated heterocycles. The number of nitrogens with zero attached hydrogens (tertiary/aromatic N) is 2. The second-order valence-corrected chi connectivity index (χ2v) is 5.41. The van der Waals surface area contributed by atoms with Crippen LogP contribution in [0.2, 0.25) is 0 Å². The van der Waals surface area contributed by atoms with E-state index in [4.69, 9.17) is 0 Å². The van der Waals surface area contributed by atoms with Gasteiger partial charge in [0.25, 0.3) is 0 Å². The smallest absolute Gasteiger partial charge is 0.744 e. The summed E-state index contributed by atoms with van der Waals surface area (Å²) < 4.78 is 65.1. The molecule has 0 saturated carbocycles. The maximum Gasteiger partial charge on any atom is 1.00 e. The fraction of sp³-hybridized carbons (Fsp3) is 0.143. The van der Waals surface area contributed by atoms with Gasteiger partial charge in [-0.2, -0.15) is 0 Å². The van der Waals surface area contributed by atoms with E-state index in [-0.39, 0.29) is 64.8 Å². The van der Waals surface area contributed by atoms with Gasteiger partial charge in [0.2, 0.25) is 10.3 Å². The molecule has 1 rings (SSSR count). The average Bonchev–Trinajstić information content (AvgIpc) is 2.13. The SMILES string of the molecule is Cc1ccc(S(=O)(=O)[O-])cc1N=NS(=O)(=O)[O-].[Na+].[Na+]. The van der Waals surface area contributed by atoms with Crippen LogP contribution in [0.15, 0.2) is 32.7 Å². The van der Waals surface area contributed by atoms with E-state index in [0.29, 0.717) is 5.56 Å². The Morgan fingerprint density at radius 2 is 1.58 bits per heavy atom. The minimum Gasteiger partial charge on any atom is -0.744 e. The van der Waals surface area contributed by atoms with Crippen LogP contribution in [-0.2, 0) is 20.4 Å². The van der Waals surface area contributed by atoms with Gasteiger partial charge in [-0.05, 0) is 24.6 Å². The Morgan fingerprint density at radius 3 is 2.00 bits per heavy atom. The molecular formula is C7H6N2Na2O6S2. The molecule has 0 aliphatic carbocycles. The topological polar surface area (TPSA) is 139 Å². The van der Waals surface area contributed by atoms with Crippen LogP contribution >= 0.6 is 0 Å². The van der Waals surface area contributed by atoms with E-state index < -0.39 is 25.3 Å². The quantitative estimate of drug-likeness (QED) is 0.309. The standard InChI is InChI=1S/C7H8N2O6S2.2Na/c1-5-2-3-6(16(10,11)12)4-7(5)8-9-17(13,14)15;;/h2-4H,1H3,(H,10,11,12)(H,13,14,15);;/q;2*+1/p-2. The van der Waals surface area contributed by atoms with Gasteiger partial charge in [0.1, 0.15) is 10.1 Å². The van der Waals surface area contributed by atoms with Gasteiger partial charge in [0.05, 0.1) is 10.6 Å². The molecule has 8 nitrogen and oxygen atoms in total. The van der Waals surface area contributed by atoms with Crippen molar-refractivity contribution in [3.63, 3.8) is 0 Å². The average molecular weight is 324 g/mol. The first kappa shape index (κ1) is 21.9. The summed E-state index contributed by atoms with van der Waals surface area (Å²) in [5, 5.41) is 3.07. The molecule has 94 valence electrons. The molecule has 0 spiro atoms. The van der Waals surface area contributed by atoms with Gasteiger partial charge in [0, 0.05) is 0 Å². The molecule has 0 aromatic heterocycles. The second-order valence-electron chi connectivity index (χ2n) is 3.01. The zero-order valence-corrected chi connectivity index (χ0v) is 16.0. The van der Waals surface area contributed by atoms with Crippen molar-refractivity contribution in [2.75, 3.05) is 0 Å². The Balaban J connectivity index is 0. The van der Waals surface area contributed by atoms with Crippen molar-refractivity contribution in [1.82, 2.24) is 0 Å². The molecule has 0 aliphatic rings. The van der Waals surface area contributed by atoms with Crippen LogP contribution in [-0.4, -0.2) is 25.9 Å². The zero-order valence-electron chi connectivity index (χ0n) is 10.4. The molecule has 0 radical (unpaired) electrons. The summed E-state index contributed by atoms with van der Waals surface area (Å²) in [7, 11) is -9.58. The number of benzene rings is 1. The van der Waals surface area contributed by atoms with Crippen LogP contribution in [0, 0.1) is 6.92 Å². The zero-order chi connectivity index (χ0) is 13.3. The van der Waals surface area contributed by atoms with Crippen LogP contribution in [0.25, 0.3) is 0 Å². The van der Waals surface area contributed by atoms with Crippen molar-refractivity contribution in [3.8, 4) is 0 Å². The first-order chi connectivity index (χ1) is 7.59. The molecule has 0 atom stereocenters. The maximum absolute atomic E-state index is 10.7. The first-order valence-corrected chi connectivity index (χ1v) is 6.82. The minimum atomic E-state index is -4.91. The second kappa shape index (κ2) is 8.17. The van der Waals surface area contributed by atoms with Gasteiger partial charge in [-0.1, -0.05) is 10.6 Å². The molecule has 0 unspecified atom stereocenters. The van der Waals surface area contributed by atoms with Crippen molar-refractivity contribution in [1.29, 1.82) is 0 Å². The predicted octanol–water partition coefficient (Wildman–Crippen LogP) is -5.55. The van der Waals surface area contributed by atoms with E-state index in [1.165, 1.54) is 13.0 Å². The Labute approximate surface area is 154 Å². The molecule has 12 heteroatoms. The van der Waals surface area contributed by atoms with Gasteiger partial charge in [0.15, 0.2) is 0 Å². The largest absolute Gasteiger partial charge is 1.00 e. The number of rotatable bonds is 3. The molecule has 0 aliphatic heterocycles. The fourth-order valence-corrected chi connectivity index (χ4v) is 1.63. The summed E-state index contributed by atoms with van der Waals surface area (Å²) in [6.45, 7) is 1.48. The fourth-order valence-electron chi connectivity index (χ4n) is 0.946. The predicted molar refractivity (Wildman–Crippen MR) is 53.4 cm³/mol. The van der Waals surface area contributed by atoms with E-state index in [1.807, 2.05) is 0 Å². The monoisotopic (exact) mass is 324 g/mol. The number of hydrogen-bond donors (Lipinski definition) is 0. The van der Waals surface area contributed by atoms with Gasteiger partial charge in [-0.25, -0.2) is 16.8 Å². The molecule has 0 amide bonds. The third-order valence-corrected chi connectivity index (χ3v) is 2.83. The summed E-state index contributed by atoms with van der Waals surface area (Å²) in [5.41, 5.74) is 0.186. The number of aryl methyl sites for hydroxylation is 1. The van der Waals surface area contributed by atoms with E-state index in [0.717, 1.165) is 12.1 Å². The van der Waals surface area contributed by atoms with E-state index in [9.17, 15) is 25.9 Å². The van der Waals surface area contributed by atoms with Crippen LogP contribution < -0.4 is 59.1 Å².